The molecule has 0 N–H and O–H groups in total. The zero-order valence-corrected chi connectivity index (χ0v) is 27.6. The van der Waals surface area contributed by atoms with Crippen molar-refractivity contribution in [3.05, 3.63) is 60.7 Å². The first-order chi connectivity index (χ1) is 18.0. The van der Waals surface area contributed by atoms with E-state index in [1.807, 2.05) is 19.1 Å². The number of carbonyl (C=O) groups excluding carboxylic acids is 1. The van der Waals surface area contributed by atoms with Crippen molar-refractivity contribution in [3.8, 4) is 0 Å². The molecule has 214 valence electrons. The highest BCUT2D eigenvalue weighted by Gasteiger charge is 2.64. The maximum atomic E-state index is 13.8. The molecular formula is C32H48O5Si2. The summed E-state index contributed by atoms with van der Waals surface area (Å²) in [6.45, 7) is 22.4. The lowest BCUT2D eigenvalue weighted by molar-refractivity contribution is -0.205. The molecule has 4 rings (SSSR count). The van der Waals surface area contributed by atoms with Crippen LogP contribution < -0.4 is 10.4 Å². The van der Waals surface area contributed by atoms with Gasteiger partial charge in [0.15, 0.2) is 5.78 Å². The Morgan fingerprint density at radius 1 is 0.846 bits per heavy atom. The van der Waals surface area contributed by atoms with Crippen LogP contribution in [0.5, 0.6) is 0 Å². The second-order valence-electron chi connectivity index (χ2n) is 14.6. The number of hydrogen-bond donors (Lipinski definition) is 0. The van der Waals surface area contributed by atoms with E-state index >= 15 is 0 Å². The molecule has 5 nitrogen and oxygen atoms in total. The number of hydrogen-bond acceptors (Lipinski definition) is 5. The predicted octanol–water partition coefficient (Wildman–Crippen LogP) is 6.14. The second-order valence-corrected chi connectivity index (χ2v) is 23.6. The molecule has 2 aromatic rings. The van der Waals surface area contributed by atoms with Gasteiger partial charge in [0.25, 0.3) is 8.32 Å². The van der Waals surface area contributed by atoms with Gasteiger partial charge < -0.3 is 18.0 Å². The summed E-state index contributed by atoms with van der Waals surface area (Å²) in [4.78, 5) is 13.8. The Morgan fingerprint density at radius 3 is 1.77 bits per heavy atom. The Morgan fingerprint density at radius 2 is 1.33 bits per heavy atom. The molecule has 3 atom stereocenters. The lowest BCUT2D eigenvalue weighted by Crippen LogP contribution is -2.70. The van der Waals surface area contributed by atoms with Crippen LogP contribution in [0.3, 0.4) is 0 Å². The summed E-state index contributed by atoms with van der Waals surface area (Å²) >= 11 is 0. The van der Waals surface area contributed by atoms with Gasteiger partial charge in [-0.1, -0.05) is 123 Å². The van der Waals surface area contributed by atoms with Gasteiger partial charge in [-0.15, -0.1) is 0 Å². The minimum Gasteiger partial charge on any atom is -0.404 e. The summed E-state index contributed by atoms with van der Waals surface area (Å²) in [6.07, 6.45) is -0.284. The molecule has 0 aliphatic carbocycles. The highest BCUT2D eigenvalue weighted by atomic mass is 28.4. The van der Waals surface area contributed by atoms with Gasteiger partial charge in [0, 0.05) is 16.5 Å². The van der Waals surface area contributed by atoms with Gasteiger partial charge in [-0.2, -0.15) is 0 Å². The van der Waals surface area contributed by atoms with Crippen molar-refractivity contribution in [3.63, 3.8) is 0 Å². The van der Waals surface area contributed by atoms with Crippen molar-refractivity contribution in [2.75, 3.05) is 13.2 Å². The van der Waals surface area contributed by atoms with Gasteiger partial charge in [-0.05, 0) is 22.3 Å². The van der Waals surface area contributed by atoms with Gasteiger partial charge in [0.05, 0.1) is 19.3 Å². The Labute approximate surface area is 238 Å². The van der Waals surface area contributed by atoms with Gasteiger partial charge in [0.2, 0.25) is 0 Å². The van der Waals surface area contributed by atoms with E-state index < -0.39 is 22.5 Å². The van der Waals surface area contributed by atoms with Crippen molar-refractivity contribution < 1.29 is 22.8 Å². The number of ether oxygens (including phenoxy) is 1. The fourth-order valence-electron chi connectivity index (χ4n) is 6.75. The molecule has 2 aliphatic rings. The van der Waals surface area contributed by atoms with E-state index in [1.54, 1.807) is 0 Å². The van der Waals surface area contributed by atoms with Crippen LogP contribution in [0.1, 0.15) is 75.7 Å². The van der Waals surface area contributed by atoms with Crippen molar-refractivity contribution in [1.82, 2.24) is 0 Å². The lowest BCUT2D eigenvalue weighted by Gasteiger charge is -2.56. The topological polar surface area (TPSA) is 54.0 Å². The third-order valence-corrected chi connectivity index (χ3v) is 18.7. The summed E-state index contributed by atoms with van der Waals surface area (Å²) in [6, 6.07) is 21.0. The van der Waals surface area contributed by atoms with E-state index in [1.165, 1.54) is 10.4 Å². The largest absolute Gasteiger partial charge is 0.404 e. The van der Waals surface area contributed by atoms with Crippen molar-refractivity contribution in [1.29, 1.82) is 0 Å². The smallest absolute Gasteiger partial charge is 0.349 e. The zero-order chi connectivity index (χ0) is 28.9. The molecule has 0 unspecified atom stereocenters. The van der Waals surface area contributed by atoms with Gasteiger partial charge >= 0.3 is 8.56 Å². The molecule has 0 aromatic heterocycles. The highest BCUT2D eigenvalue weighted by molar-refractivity contribution is 6.99. The quantitative estimate of drug-likeness (QED) is 0.406. The number of Topliss-reactive ketones (excluding diaryl/α,β-unsaturated/α-hetero) is 1. The van der Waals surface area contributed by atoms with E-state index in [-0.39, 0.29) is 39.7 Å². The SMILES string of the molecule is CC(C)(C)[Si](OC[C@@]1(C)O[C@H]2CO[Si](C(C)(C)C)(C(C)(C)C)O[C@@H]2CC1=O)(c1ccccc1)c1ccccc1. The normalized spacial score (nSPS) is 26.3. The van der Waals surface area contributed by atoms with E-state index in [0.717, 1.165) is 0 Å². The summed E-state index contributed by atoms with van der Waals surface area (Å²) in [5, 5.41) is 1.89. The van der Waals surface area contributed by atoms with E-state index in [2.05, 4.69) is 111 Å². The van der Waals surface area contributed by atoms with Gasteiger partial charge in [-0.25, -0.2) is 0 Å². The minimum atomic E-state index is -2.81. The number of benzene rings is 2. The van der Waals surface area contributed by atoms with Crippen LogP contribution in [-0.2, 0) is 22.8 Å². The predicted molar refractivity (Wildman–Crippen MR) is 162 cm³/mol. The Hall–Kier alpha value is -1.62. The van der Waals surface area contributed by atoms with Gasteiger partial charge in [-0.3, -0.25) is 4.79 Å². The first-order valence-corrected chi connectivity index (χ1v) is 18.0. The fourth-order valence-corrected chi connectivity index (χ4v) is 16.3. The molecule has 0 radical (unpaired) electrons. The summed E-state index contributed by atoms with van der Waals surface area (Å²) < 4.78 is 27.3. The number of fused-ring (bicyclic) bond motifs is 1. The molecule has 2 fully saturated rings. The molecule has 0 amide bonds. The molecular weight excluding hydrogens is 521 g/mol. The van der Waals surface area contributed by atoms with Crippen molar-refractivity contribution >= 4 is 33.0 Å². The average Bonchev–Trinajstić information content (AvgIpc) is 2.84. The first kappa shape index (κ1) is 30.3. The standard InChI is InChI=1S/C32H48O5Si2/c1-29(2,3)38(24-17-13-11-14-18-24,25-19-15-12-16-20-25)35-23-32(10)28(33)21-26-27(36-32)22-34-39(37-26,30(4,5)6)31(7,8)9/h11-20,26-27H,21-23H2,1-10H3/t26-,27+,32-/m1/s1. The summed E-state index contributed by atoms with van der Waals surface area (Å²) in [5.41, 5.74) is -1.08. The molecule has 7 heteroatoms. The maximum absolute atomic E-state index is 13.8. The van der Waals surface area contributed by atoms with E-state index in [4.69, 9.17) is 18.0 Å². The number of carbonyl (C=O) groups is 1. The summed E-state index contributed by atoms with van der Waals surface area (Å²) in [5.74, 6) is 0.0364. The molecule has 0 bridgehead atoms. The maximum Gasteiger partial charge on any atom is 0.349 e. The zero-order valence-electron chi connectivity index (χ0n) is 25.6. The first-order valence-electron chi connectivity index (χ1n) is 14.2. The Kier molecular flexibility index (Phi) is 8.04. The molecule has 0 saturated carbocycles. The monoisotopic (exact) mass is 568 g/mol. The van der Waals surface area contributed by atoms with Crippen LogP contribution in [0.2, 0.25) is 15.1 Å². The van der Waals surface area contributed by atoms with Crippen LogP contribution in [-0.4, -0.2) is 53.7 Å². The van der Waals surface area contributed by atoms with E-state index in [9.17, 15) is 4.79 Å². The molecule has 0 spiro atoms. The minimum absolute atomic E-state index is 0.0364. The summed E-state index contributed by atoms with van der Waals surface area (Å²) in [7, 11) is -5.50. The Bertz CT molecular complexity index is 1090. The van der Waals surface area contributed by atoms with Crippen LogP contribution in [0.25, 0.3) is 0 Å². The number of ketones is 1. The average molecular weight is 569 g/mol. The third kappa shape index (κ3) is 5.27. The highest BCUT2D eigenvalue weighted by Crippen LogP contribution is 2.55. The third-order valence-electron chi connectivity index (χ3n) is 8.53. The fraction of sp³-hybridized carbons (Fsp3) is 0.594. The van der Waals surface area contributed by atoms with Crippen LogP contribution in [0.4, 0.5) is 0 Å². The molecule has 2 aromatic carbocycles. The van der Waals surface area contributed by atoms with Crippen LogP contribution in [0.15, 0.2) is 60.7 Å². The number of rotatable bonds is 5. The second kappa shape index (κ2) is 10.3. The van der Waals surface area contributed by atoms with Crippen LogP contribution >= 0.6 is 0 Å². The van der Waals surface area contributed by atoms with Crippen LogP contribution in [0, 0.1) is 0 Å². The van der Waals surface area contributed by atoms with Gasteiger partial charge in [0.1, 0.15) is 11.7 Å². The molecule has 2 aliphatic heterocycles. The lowest BCUT2D eigenvalue weighted by atomic mass is 9.91. The molecule has 2 saturated heterocycles. The van der Waals surface area contributed by atoms with Crippen molar-refractivity contribution in [2.45, 2.75) is 109 Å². The van der Waals surface area contributed by atoms with Crippen molar-refractivity contribution in [2.24, 2.45) is 0 Å². The molecule has 39 heavy (non-hydrogen) atoms. The molecule has 2 heterocycles. The Balaban J connectivity index is 1.65. The van der Waals surface area contributed by atoms with E-state index in [0.29, 0.717) is 13.0 Å².